The standard InChI is InChI=1S/C31H36N6O9S/c1-6-11-32-31-36(30(40)27(47-31)14-28(38)34-23-9-8-22(43-4)13-24(23)37(41)42)33-15-21-7-10-25(26(12-21)44-5)45-18-29(39)35-16-19(2)46-20(3)17-35/h6-10,12-13,15,19-20,27H,1,11,14,16-18H2,2-5H3,(H,34,38)/b32-31?,33-15-/t19-,20+,27-/m1/s1. The number of carbonyl (C=O) groups is 3. The van der Waals surface area contributed by atoms with E-state index in [1.54, 1.807) is 29.2 Å². The summed E-state index contributed by atoms with van der Waals surface area (Å²) >= 11 is 1.05. The van der Waals surface area contributed by atoms with Gasteiger partial charge in [0.15, 0.2) is 23.3 Å². The number of nitrogens with zero attached hydrogens (tertiary/aromatic N) is 5. The van der Waals surface area contributed by atoms with Gasteiger partial charge in [-0.2, -0.15) is 10.1 Å². The van der Waals surface area contributed by atoms with Crippen LogP contribution in [0.5, 0.6) is 17.2 Å². The number of carbonyl (C=O) groups excluding carboxylic acids is 3. The third-order valence-corrected chi connectivity index (χ3v) is 8.11. The predicted molar refractivity (Wildman–Crippen MR) is 176 cm³/mol. The molecule has 2 heterocycles. The quantitative estimate of drug-likeness (QED) is 0.144. The number of hydrogen-bond donors (Lipinski definition) is 1. The number of amides is 3. The van der Waals surface area contributed by atoms with Crippen molar-refractivity contribution in [1.29, 1.82) is 0 Å². The van der Waals surface area contributed by atoms with Crippen LogP contribution in [0, 0.1) is 10.1 Å². The van der Waals surface area contributed by atoms with Crippen LogP contribution in [0.2, 0.25) is 0 Å². The van der Waals surface area contributed by atoms with E-state index in [1.807, 2.05) is 13.8 Å². The zero-order chi connectivity index (χ0) is 34.1. The van der Waals surface area contributed by atoms with Gasteiger partial charge in [0.25, 0.3) is 17.5 Å². The van der Waals surface area contributed by atoms with Crippen LogP contribution >= 0.6 is 11.8 Å². The lowest BCUT2D eigenvalue weighted by Gasteiger charge is -2.35. The minimum absolute atomic E-state index is 0.0253. The van der Waals surface area contributed by atoms with Crippen LogP contribution in [-0.4, -0.2) is 102 Å². The fourth-order valence-corrected chi connectivity index (χ4v) is 5.90. The number of ether oxygens (including phenoxy) is 4. The monoisotopic (exact) mass is 668 g/mol. The zero-order valence-electron chi connectivity index (χ0n) is 26.4. The second kappa shape index (κ2) is 16.0. The van der Waals surface area contributed by atoms with Gasteiger partial charge in [0.2, 0.25) is 5.91 Å². The number of hydrazone groups is 1. The summed E-state index contributed by atoms with van der Waals surface area (Å²) in [5.41, 5.74) is 0.190. The zero-order valence-corrected chi connectivity index (χ0v) is 27.2. The van der Waals surface area contributed by atoms with Crippen molar-refractivity contribution in [2.45, 2.75) is 37.7 Å². The number of nitro benzene ring substituents is 1. The molecule has 1 N–H and O–H groups in total. The summed E-state index contributed by atoms with van der Waals surface area (Å²) in [4.78, 5) is 55.9. The second-order valence-electron chi connectivity index (χ2n) is 10.6. The van der Waals surface area contributed by atoms with Gasteiger partial charge in [0.1, 0.15) is 16.7 Å². The summed E-state index contributed by atoms with van der Waals surface area (Å²) in [6.45, 7) is 8.49. The average molecular weight is 669 g/mol. The summed E-state index contributed by atoms with van der Waals surface area (Å²) in [5, 5.41) is 18.8. The van der Waals surface area contributed by atoms with E-state index in [-0.39, 0.29) is 60.0 Å². The third-order valence-electron chi connectivity index (χ3n) is 6.95. The van der Waals surface area contributed by atoms with E-state index < -0.39 is 22.0 Å². The highest BCUT2D eigenvalue weighted by molar-refractivity contribution is 8.15. The Morgan fingerprint density at radius 3 is 2.55 bits per heavy atom. The summed E-state index contributed by atoms with van der Waals surface area (Å²) in [7, 11) is 2.84. The molecule has 3 amide bonds. The second-order valence-corrected chi connectivity index (χ2v) is 11.7. The van der Waals surface area contributed by atoms with Crippen molar-refractivity contribution < 1.29 is 38.3 Å². The Balaban J connectivity index is 1.43. The molecule has 16 heteroatoms. The lowest BCUT2D eigenvalue weighted by Crippen LogP contribution is -2.49. The van der Waals surface area contributed by atoms with Gasteiger partial charge >= 0.3 is 0 Å². The van der Waals surface area contributed by atoms with E-state index in [0.717, 1.165) is 16.8 Å². The highest BCUT2D eigenvalue weighted by Crippen LogP contribution is 2.33. The molecule has 0 aliphatic carbocycles. The molecule has 2 aliphatic rings. The molecule has 2 aromatic rings. The van der Waals surface area contributed by atoms with Gasteiger partial charge in [-0.15, -0.1) is 6.58 Å². The van der Waals surface area contributed by atoms with E-state index >= 15 is 0 Å². The van der Waals surface area contributed by atoms with E-state index in [4.69, 9.17) is 18.9 Å². The average Bonchev–Trinajstić information content (AvgIpc) is 3.33. The molecule has 0 spiro atoms. The van der Waals surface area contributed by atoms with Crippen molar-refractivity contribution in [2.75, 3.05) is 45.8 Å². The maximum atomic E-state index is 13.3. The van der Waals surface area contributed by atoms with Crippen LogP contribution in [0.15, 0.2) is 59.1 Å². The number of hydrogen-bond acceptors (Lipinski definition) is 12. The van der Waals surface area contributed by atoms with Crippen molar-refractivity contribution in [1.82, 2.24) is 9.91 Å². The molecule has 2 saturated heterocycles. The van der Waals surface area contributed by atoms with Crippen LogP contribution < -0.4 is 19.5 Å². The fraction of sp³-hybridized carbons (Fsp3) is 0.387. The largest absolute Gasteiger partial charge is 0.496 e. The first-order valence-corrected chi connectivity index (χ1v) is 15.5. The molecule has 0 bridgehead atoms. The highest BCUT2D eigenvalue weighted by Gasteiger charge is 2.39. The van der Waals surface area contributed by atoms with Crippen LogP contribution in [0.4, 0.5) is 11.4 Å². The number of thioether (sulfide) groups is 1. The van der Waals surface area contributed by atoms with Gasteiger partial charge < -0.3 is 29.2 Å². The Hall–Kier alpha value is -4.96. The smallest absolute Gasteiger partial charge is 0.296 e. The molecule has 4 rings (SSSR count). The molecule has 2 aromatic carbocycles. The highest BCUT2D eigenvalue weighted by atomic mass is 32.2. The molecular weight excluding hydrogens is 632 g/mol. The van der Waals surface area contributed by atoms with Crippen LogP contribution in [0.1, 0.15) is 25.8 Å². The maximum absolute atomic E-state index is 13.3. The van der Waals surface area contributed by atoms with E-state index in [1.165, 1.54) is 38.6 Å². The van der Waals surface area contributed by atoms with E-state index in [0.29, 0.717) is 30.2 Å². The Bertz CT molecular complexity index is 1570. The molecular formula is C31H36N6O9S. The molecule has 0 radical (unpaired) electrons. The van der Waals surface area contributed by atoms with Gasteiger partial charge in [0, 0.05) is 19.5 Å². The molecule has 2 fully saturated rings. The van der Waals surface area contributed by atoms with E-state index in [2.05, 4.69) is 22.0 Å². The van der Waals surface area contributed by atoms with Crippen molar-refractivity contribution in [3.8, 4) is 17.2 Å². The van der Waals surface area contributed by atoms with Crippen molar-refractivity contribution >= 4 is 52.2 Å². The van der Waals surface area contributed by atoms with Gasteiger partial charge in [-0.05, 0) is 49.7 Å². The first kappa shape index (κ1) is 34.9. The number of amidine groups is 1. The number of methoxy groups -OCH3 is 2. The van der Waals surface area contributed by atoms with Crippen molar-refractivity contribution in [3.63, 3.8) is 0 Å². The lowest BCUT2D eigenvalue weighted by atomic mass is 10.2. The molecule has 0 saturated carbocycles. The lowest BCUT2D eigenvalue weighted by molar-refractivity contribution is -0.384. The SMILES string of the molecule is C=CCN=C1S[C@H](CC(=O)Nc2ccc(OC)cc2[N+](=O)[O-])C(=O)N1/N=C\c1ccc(OCC(=O)N2C[C@@H](C)O[C@@H](C)C2)c(OC)c1. The molecule has 0 aromatic heterocycles. The van der Waals surface area contributed by atoms with Gasteiger partial charge in [-0.25, -0.2) is 0 Å². The number of aliphatic imine (C=N–C) groups is 1. The fourth-order valence-electron chi connectivity index (χ4n) is 4.83. The third kappa shape index (κ3) is 9.07. The van der Waals surface area contributed by atoms with Gasteiger partial charge in [-0.3, -0.25) is 29.5 Å². The van der Waals surface area contributed by atoms with Crippen molar-refractivity contribution in [3.05, 3.63) is 64.7 Å². The maximum Gasteiger partial charge on any atom is 0.296 e. The summed E-state index contributed by atoms with van der Waals surface area (Å²) < 4.78 is 22.0. The molecule has 2 aliphatic heterocycles. The molecule has 3 atom stereocenters. The number of anilines is 1. The summed E-state index contributed by atoms with van der Waals surface area (Å²) in [6, 6.07) is 9.00. The number of nitro groups is 1. The Morgan fingerprint density at radius 2 is 1.89 bits per heavy atom. The number of morpholine rings is 1. The summed E-state index contributed by atoms with van der Waals surface area (Å²) in [5.74, 6) is -0.288. The van der Waals surface area contributed by atoms with Crippen LogP contribution in [0.25, 0.3) is 0 Å². The number of benzene rings is 2. The van der Waals surface area contributed by atoms with E-state index in [9.17, 15) is 24.5 Å². The minimum atomic E-state index is -0.881. The first-order chi connectivity index (χ1) is 22.5. The number of nitrogens with one attached hydrogen (secondary N) is 1. The molecule has 0 unspecified atom stereocenters. The van der Waals surface area contributed by atoms with Crippen LogP contribution in [0.3, 0.4) is 0 Å². The Kier molecular flexibility index (Phi) is 11.9. The first-order valence-electron chi connectivity index (χ1n) is 14.6. The topological polar surface area (TPSA) is 174 Å². The van der Waals surface area contributed by atoms with Gasteiger partial charge in [-0.1, -0.05) is 17.8 Å². The minimum Gasteiger partial charge on any atom is -0.496 e. The molecule has 47 heavy (non-hydrogen) atoms. The molecule has 250 valence electrons. The molecule has 15 nitrogen and oxygen atoms in total. The Labute approximate surface area is 275 Å². The number of rotatable bonds is 13. The summed E-state index contributed by atoms with van der Waals surface area (Å²) in [6.07, 6.45) is 2.58. The normalized spacial score (nSPS) is 20.4. The van der Waals surface area contributed by atoms with Gasteiger partial charge in [0.05, 0.1) is 50.2 Å². The van der Waals surface area contributed by atoms with Crippen molar-refractivity contribution in [2.24, 2.45) is 10.1 Å². The van der Waals surface area contributed by atoms with Crippen LogP contribution in [-0.2, 0) is 19.1 Å². The predicted octanol–water partition coefficient (Wildman–Crippen LogP) is 3.48. The Morgan fingerprint density at radius 1 is 1.15 bits per heavy atom.